The van der Waals surface area contributed by atoms with Crippen LogP contribution in [0.4, 0.5) is 11.5 Å². The number of hydrogen-bond acceptors (Lipinski definition) is 8. The van der Waals surface area contributed by atoms with Crippen LogP contribution >= 0.6 is 11.3 Å². The lowest BCUT2D eigenvalue weighted by Crippen LogP contribution is -2.04. The summed E-state index contributed by atoms with van der Waals surface area (Å²) in [6.07, 6.45) is 3.53. The number of nitrogen functional groups attached to an aromatic ring is 1. The fraction of sp³-hybridized carbons (Fsp3) is 0.200. The van der Waals surface area contributed by atoms with Crippen molar-refractivity contribution in [2.45, 2.75) is 20.0 Å². The highest BCUT2D eigenvalue weighted by atomic mass is 32.1. The fourth-order valence-electron chi connectivity index (χ4n) is 2.65. The maximum Gasteiger partial charge on any atom is 0.199 e. The Kier molecular flexibility index (Phi) is 3.62. The molecule has 0 atom stereocenters. The molecule has 0 aromatic carbocycles. The lowest BCUT2D eigenvalue weighted by molar-refractivity contribution is 0.310. The first-order chi connectivity index (χ1) is 11.8. The number of aromatic nitrogens is 5. The first kappa shape index (κ1) is 14.6. The number of nitrogens with two attached hydrogens (primary N) is 1. The van der Waals surface area contributed by atoms with Gasteiger partial charge < -0.3 is 15.6 Å². The molecule has 24 heavy (non-hydrogen) atoms. The number of aryl methyl sites for hydroxylation is 1. The average molecular weight is 341 g/mol. The van der Waals surface area contributed by atoms with E-state index in [0.717, 1.165) is 23.3 Å². The smallest absolute Gasteiger partial charge is 0.199 e. The number of pyridine rings is 1. The zero-order valence-corrected chi connectivity index (χ0v) is 13.7. The van der Waals surface area contributed by atoms with E-state index >= 15 is 0 Å². The highest BCUT2D eigenvalue weighted by molar-refractivity contribution is 7.09. The van der Waals surface area contributed by atoms with Crippen LogP contribution in [0.25, 0.3) is 22.6 Å². The summed E-state index contributed by atoms with van der Waals surface area (Å²) in [5, 5.41) is 13.0. The third-order valence-corrected chi connectivity index (χ3v) is 4.60. The van der Waals surface area contributed by atoms with Crippen LogP contribution in [0.15, 0.2) is 34.5 Å². The number of rotatable bonds is 5. The van der Waals surface area contributed by atoms with Gasteiger partial charge in [-0.25, -0.2) is 9.61 Å². The Morgan fingerprint density at radius 1 is 1.33 bits per heavy atom. The molecule has 0 spiro atoms. The summed E-state index contributed by atoms with van der Waals surface area (Å²) in [5.74, 6) is 0.847. The fourth-order valence-corrected chi connectivity index (χ4v) is 3.30. The number of nitrogens with zero attached hydrogens (tertiary/aromatic N) is 5. The van der Waals surface area contributed by atoms with Crippen molar-refractivity contribution in [1.29, 1.82) is 0 Å². The molecule has 0 aliphatic carbocycles. The largest absolute Gasteiger partial charge is 0.379 e. The second kappa shape index (κ2) is 5.93. The van der Waals surface area contributed by atoms with Crippen molar-refractivity contribution in [1.82, 2.24) is 24.8 Å². The van der Waals surface area contributed by atoms with Crippen LogP contribution in [-0.4, -0.2) is 24.8 Å². The molecule has 4 aromatic rings. The van der Waals surface area contributed by atoms with Gasteiger partial charge in [0.2, 0.25) is 0 Å². The van der Waals surface area contributed by atoms with E-state index < -0.39 is 0 Å². The minimum Gasteiger partial charge on any atom is -0.379 e. The summed E-state index contributed by atoms with van der Waals surface area (Å²) in [4.78, 5) is 10.1. The van der Waals surface area contributed by atoms with E-state index in [1.165, 1.54) is 4.88 Å². The Morgan fingerprint density at radius 3 is 2.96 bits per heavy atom. The number of thiophene rings is 1. The van der Waals surface area contributed by atoms with Gasteiger partial charge in [-0.05, 0) is 28.7 Å². The monoisotopic (exact) mass is 341 g/mol. The van der Waals surface area contributed by atoms with Gasteiger partial charge in [0.1, 0.15) is 5.52 Å². The highest BCUT2D eigenvalue weighted by Gasteiger charge is 2.20. The van der Waals surface area contributed by atoms with Crippen LogP contribution in [0.2, 0.25) is 0 Å². The molecule has 0 unspecified atom stereocenters. The SMILES string of the molecule is CCn1c(-c2nonc2N)nc2cncc(NCc3cccs3)c21. The number of fused-ring (bicyclic) bond motifs is 1. The maximum absolute atomic E-state index is 5.83. The van der Waals surface area contributed by atoms with Gasteiger partial charge >= 0.3 is 0 Å². The second-order valence-electron chi connectivity index (χ2n) is 5.17. The van der Waals surface area contributed by atoms with E-state index in [1.807, 2.05) is 17.6 Å². The third-order valence-electron chi connectivity index (χ3n) is 3.73. The van der Waals surface area contributed by atoms with E-state index in [4.69, 9.17) is 10.4 Å². The number of hydrogen-bond donors (Lipinski definition) is 2. The van der Waals surface area contributed by atoms with Crippen LogP contribution in [0.3, 0.4) is 0 Å². The zero-order valence-electron chi connectivity index (χ0n) is 12.9. The molecule has 3 N–H and O–H groups in total. The summed E-state index contributed by atoms with van der Waals surface area (Å²) in [5.41, 5.74) is 8.91. The van der Waals surface area contributed by atoms with Gasteiger partial charge in [0, 0.05) is 18.0 Å². The molecular weight excluding hydrogens is 326 g/mol. The minimum atomic E-state index is 0.223. The lowest BCUT2D eigenvalue weighted by atomic mass is 10.3. The molecule has 4 rings (SSSR count). The van der Waals surface area contributed by atoms with Crippen LogP contribution < -0.4 is 11.1 Å². The van der Waals surface area contributed by atoms with Gasteiger partial charge in [-0.3, -0.25) is 4.98 Å². The molecule has 122 valence electrons. The number of nitrogens with one attached hydrogen (secondary N) is 1. The predicted octanol–water partition coefficient (Wildman–Crippen LogP) is 2.76. The van der Waals surface area contributed by atoms with Crippen molar-refractivity contribution in [3.05, 3.63) is 34.8 Å². The van der Waals surface area contributed by atoms with E-state index in [2.05, 4.69) is 37.0 Å². The summed E-state index contributed by atoms with van der Waals surface area (Å²) >= 11 is 1.71. The summed E-state index contributed by atoms with van der Waals surface area (Å²) in [6, 6.07) is 4.13. The Hall–Kier alpha value is -2.94. The molecule has 4 aromatic heterocycles. The second-order valence-corrected chi connectivity index (χ2v) is 6.20. The summed E-state index contributed by atoms with van der Waals surface area (Å²) < 4.78 is 6.75. The van der Waals surface area contributed by atoms with Crippen molar-refractivity contribution >= 4 is 33.9 Å². The van der Waals surface area contributed by atoms with E-state index in [-0.39, 0.29) is 5.82 Å². The molecule has 0 amide bonds. The first-order valence-corrected chi connectivity index (χ1v) is 8.34. The Morgan fingerprint density at radius 2 is 2.25 bits per heavy atom. The molecule has 0 radical (unpaired) electrons. The van der Waals surface area contributed by atoms with Crippen molar-refractivity contribution in [2.24, 2.45) is 0 Å². The normalized spacial score (nSPS) is 11.2. The molecule has 9 heteroatoms. The maximum atomic E-state index is 5.83. The number of imidazole rings is 1. The van der Waals surface area contributed by atoms with Gasteiger partial charge in [0.15, 0.2) is 17.3 Å². The molecule has 8 nitrogen and oxygen atoms in total. The summed E-state index contributed by atoms with van der Waals surface area (Å²) in [7, 11) is 0. The quantitative estimate of drug-likeness (QED) is 0.574. The van der Waals surface area contributed by atoms with E-state index in [9.17, 15) is 0 Å². The molecule has 0 aliphatic heterocycles. The summed E-state index contributed by atoms with van der Waals surface area (Å²) in [6.45, 7) is 3.48. The van der Waals surface area contributed by atoms with Gasteiger partial charge in [-0.2, -0.15) is 0 Å². The minimum absolute atomic E-state index is 0.223. The number of anilines is 2. The standard InChI is InChI=1S/C15H15N7OS/c1-2-22-13-10(18-6-9-4-3-5-24-9)7-17-8-11(13)19-15(22)12-14(16)21-23-20-12/h3-5,7-8,18H,2,6H2,1H3,(H2,16,21). The molecule has 0 bridgehead atoms. The topological polar surface area (TPSA) is 108 Å². The van der Waals surface area contributed by atoms with E-state index in [1.54, 1.807) is 23.7 Å². The zero-order chi connectivity index (χ0) is 16.5. The lowest BCUT2D eigenvalue weighted by Gasteiger charge is -2.09. The molecular formula is C15H15N7OS. The van der Waals surface area contributed by atoms with Crippen molar-refractivity contribution in [3.8, 4) is 11.5 Å². The van der Waals surface area contributed by atoms with Gasteiger partial charge in [0.05, 0.1) is 23.6 Å². The van der Waals surface area contributed by atoms with Crippen molar-refractivity contribution < 1.29 is 4.63 Å². The third kappa shape index (κ3) is 2.38. The Bertz CT molecular complexity index is 973. The van der Waals surface area contributed by atoms with Crippen molar-refractivity contribution in [3.63, 3.8) is 0 Å². The molecule has 4 heterocycles. The highest BCUT2D eigenvalue weighted by Crippen LogP contribution is 2.30. The predicted molar refractivity (Wildman–Crippen MR) is 92.6 cm³/mol. The molecule has 0 saturated carbocycles. The van der Waals surface area contributed by atoms with Crippen LogP contribution in [0, 0.1) is 0 Å². The van der Waals surface area contributed by atoms with Crippen LogP contribution in [0.5, 0.6) is 0 Å². The molecule has 0 aliphatic rings. The molecule has 0 fully saturated rings. The van der Waals surface area contributed by atoms with Gasteiger partial charge in [0.25, 0.3) is 0 Å². The van der Waals surface area contributed by atoms with Crippen LogP contribution in [0.1, 0.15) is 11.8 Å². The van der Waals surface area contributed by atoms with E-state index in [0.29, 0.717) is 18.1 Å². The van der Waals surface area contributed by atoms with Gasteiger partial charge in [-0.1, -0.05) is 6.07 Å². The van der Waals surface area contributed by atoms with Crippen molar-refractivity contribution in [2.75, 3.05) is 11.1 Å². The molecule has 0 saturated heterocycles. The Balaban J connectivity index is 1.81. The Labute approximate surface area is 141 Å². The first-order valence-electron chi connectivity index (χ1n) is 7.46. The average Bonchev–Trinajstić information content (AvgIpc) is 3.31. The van der Waals surface area contributed by atoms with Crippen LogP contribution in [-0.2, 0) is 13.1 Å². The van der Waals surface area contributed by atoms with Gasteiger partial charge in [-0.15, -0.1) is 11.3 Å².